The molecular formula is C8H11N4O5P. The van der Waals surface area contributed by atoms with Gasteiger partial charge >= 0.3 is 7.60 Å². The van der Waals surface area contributed by atoms with Crippen molar-refractivity contribution in [3.63, 3.8) is 0 Å². The van der Waals surface area contributed by atoms with Crippen molar-refractivity contribution in [2.75, 3.05) is 12.8 Å². The molecule has 0 aliphatic carbocycles. The number of hydrogen-bond acceptors (Lipinski definition) is 5. The number of ether oxygens (including phenoxy) is 1. The van der Waals surface area contributed by atoms with Gasteiger partial charge in [0.25, 0.3) is 5.56 Å². The average Bonchev–Trinajstić information content (AvgIpc) is 2.68. The van der Waals surface area contributed by atoms with Crippen molar-refractivity contribution >= 4 is 18.8 Å². The molecule has 2 rings (SSSR count). The van der Waals surface area contributed by atoms with E-state index in [1.165, 1.54) is 17.2 Å². The van der Waals surface area contributed by atoms with E-state index in [2.05, 4.69) is 15.0 Å². The van der Waals surface area contributed by atoms with Crippen LogP contribution in [0.25, 0.3) is 11.2 Å². The zero-order chi connectivity index (χ0) is 13.2. The minimum Gasteiger partial charge on any atom is -0.360 e. The quantitative estimate of drug-likeness (QED) is 0.484. The van der Waals surface area contributed by atoms with Crippen molar-refractivity contribution in [2.45, 2.75) is 6.73 Å². The number of rotatable bonds is 5. The third-order valence-corrected chi connectivity index (χ3v) is 2.93. The van der Waals surface area contributed by atoms with Gasteiger partial charge in [-0.25, -0.2) is 9.97 Å². The molecule has 0 aromatic carbocycles. The molecule has 9 nitrogen and oxygen atoms in total. The predicted octanol–water partition coefficient (Wildman–Crippen LogP) is -0.729. The fourth-order valence-electron chi connectivity index (χ4n) is 1.33. The summed E-state index contributed by atoms with van der Waals surface area (Å²) in [6.45, 7) is -0.0694. The molecular weight excluding hydrogens is 263 g/mol. The van der Waals surface area contributed by atoms with Crippen molar-refractivity contribution in [1.82, 2.24) is 19.5 Å². The van der Waals surface area contributed by atoms with Crippen molar-refractivity contribution < 1.29 is 19.1 Å². The Morgan fingerprint density at radius 3 is 2.94 bits per heavy atom. The summed E-state index contributed by atoms with van der Waals surface area (Å²) in [7, 11) is -4.05. The fourth-order valence-corrected chi connectivity index (χ4v) is 1.70. The van der Waals surface area contributed by atoms with E-state index in [-0.39, 0.29) is 30.6 Å². The molecule has 0 radical (unpaired) electrons. The Hall–Kier alpha value is -1.54. The van der Waals surface area contributed by atoms with Crippen molar-refractivity contribution in [3.05, 3.63) is 23.0 Å². The van der Waals surface area contributed by atoms with E-state index in [1.807, 2.05) is 0 Å². The molecule has 0 saturated heterocycles. The Morgan fingerprint density at radius 2 is 2.22 bits per heavy atom. The van der Waals surface area contributed by atoms with Crippen LogP contribution in [-0.2, 0) is 16.0 Å². The number of hydrogen-bond donors (Lipinski definition) is 3. The number of H-pyrrole nitrogens is 1. The minimum atomic E-state index is -4.05. The molecule has 98 valence electrons. The Balaban J connectivity index is 2.03. The molecule has 2 heterocycles. The summed E-state index contributed by atoms with van der Waals surface area (Å²) in [5, 5.41) is 0. The highest BCUT2D eigenvalue weighted by molar-refractivity contribution is 7.51. The molecule has 0 saturated carbocycles. The molecule has 18 heavy (non-hydrogen) atoms. The average molecular weight is 274 g/mol. The molecule has 0 spiro atoms. The maximum Gasteiger partial charge on any atom is 0.327 e. The van der Waals surface area contributed by atoms with Gasteiger partial charge < -0.3 is 19.5 Å². The van der Waals surface area contributed by atoms with E-state index >= 15 is 0 Å². The van der Waals surface area contributed by atoms with Gasteiger partial charge in [0.15, 0.2) is 11.2 Å². The van der Waals surface area contributed by atoms with E-state index in [4.69, 9.17) is 14.5 Å². The smallest absolute Gasteiger partial charge is 0.327 e. The Kier molecular flexibility index (Phi) is 3.58. The normalized spacial score (nSPS) is 12.1. The summed E-state index contributed by atoms with van der Waals surface area (Å²) >= 11 is 0. The molecule has 0 amide bonds. The van der Waals surface area contributed by atoms with E-state index < -0.39 is 7.60 Å². The van der Waals surface area contributed by atoms with E-state index in [0.29, 0.717) is 5.65 Å². The Morgan fingerprint density at radius 1 is 1.44 bits per heavy atom. The van der Waals surface area contributed by atoms with Crippen molar-refractivity contribution in [1.29, 1.82) is 0 Å². The van der Waals surface area contributed by atoms with Gasteiger partial charge in [0.05, 0.1) is 25.4 Å². The molecule has 0 aliphatic rings. The maximum atomic E-state index is 11.3. The number of imidazole rings is 1. The zero-order valence-corrected chi connectivity index (χ0v) is 10.1. The first-order valence-corrected chi connectivity index (χ1v) is 6.78. The number of nitrogens with zero attached hydrogens (tertiary/aromatic N) is 3. The number of fused-ring (bicyclic) bond motifs is 1. The third kappa shape index (κ3) is 3.02. The van der Waals surface area contributed by atoms with Gasteiger partial charge in [-0.2, -0.15) is 0 Å². The second-order valence-corrected chi connectivity index (χ2v) is 5.32. The van der Waals surface area contributed by atoms with Crippen LogP contribution in [0.5, 0.6) is 0 Å². The molecule has 0 fully saturated rings. The lowest BCUT2D eigenvalue weighted by molar-refractivity contribution is 0.0891. The molecule has 0 unspecified atom stereocenters. The van der Waals surface area contributed by atoms with Crippen LogP contribution in [0.4, 0.5) is 0 Å². The highest BCUT2D eigenvalue weighted by atomic mass is 31.2. The standard InChI is InChI=1S/C8H11N4O5P/c13-8-6-7(9-3-10-8)12(4-11-6)5-17-1-2-18(14,15)16/h3-4H,1-2,5H2,(H,9,10,13)(H2,14,15,16). The van der Waals surface area contributed by atoms with Gasteiger partial charge in [-0.3, -0.25) is 13.9 Å². The van der Waals surface area contributed by atoms with Crippen LogP contribution >= 0.6 is 7.60 Å². The second-order valence-electron chi connectivity index (χ2n) is 3.54. The summed E-state index contributed by atoms with van der Waals surface area (Å²) in [4.78, 5) is 38.8. The fraction of sp³-hybridized carbons (Fsp3) is 0.375. The molecule has 0 bridgehead atoms. The topological polar surface area (TPSA) is 130 Å². The van der Waals surface area contributed by atoms with Gasteiger partial charge in [0.2, 0.25) is 0 Å². The summed E-state index contributed by atoms with van der Waals surface area (Å²) in [6.07, 6.45) is 2.27. The summed E-state index contributed by atoms with van der Waals surface area (Å²) in [5.41, 5.74) is 0.194. The van der Waals surface area contributed by atoms with Crippen molar-refractivity contribution in [3.8, 4) is 0 Å². The Bertz CT molecular complexity index is 644. The summed E-state index contributed by atoms with van der Waals surface area (Å²) < 4.78 is 17.1. The molecule has 2 aromatic heterocycles. The number of aromatic amines is 1. The first-order valence-electron chi connectivity index (χ1n) is 4.98. The van der Waals surface area contributed by atoms with E-state index in [0.717, 1.165) is 0 Å². The largest absolute Gasteiger partial charge is 0.360 e. The molecule has 10 heteroatoms. The number of nitrogens with one attached hydrogen (secondary N) is 1. The summed E-state index contributed by atoms with van der Waals surface area (Å²) in [5.74, 6) is 0. The zero-order valence-electron chi connectivity index (χ0n) is 9.18. The van der Waals surface area contributed by atoms with Crippen LogP contribution in [0.3, 0.4) is 0 Å². The predicted molar refractivity (Wildman–Crippen MR) is 61.0 cm³/mol. The van der Waals surface area contributed by atoms with Crippen LogP contribution in [-0.4, -0.2) is 42.1 Å². The Labute approximate surface area is 101 Å². The van der Waals surface area contributed by atoms with Gasteiger partial charge in [-0.1, -0.05) is 0 Å². The molecule has 3 N–H and O–H groups in total. The van der Waals surface area contributed by atoms with Crippen LogP contribution < -0.4 is 5.56 Å². The van der Waals surface area contributed by atoms with Crippen LogP contribution in [0.1, 0.15) is 0 Å². The SMILES string of the molecule is O=c1[nH]cnc2c1ncn2COCCP(=O)(O)O. The van der Waals surface area contributed by atoms with Gasteiger partial charge in [-0.15, -0.1) is 0 Å². The first-order chi connectivity index (χ1) is 8.47. The lowest BCUT2D eigenvalue weighted by Gasteiger charge is -2.06. The van der Waals surface area contributed by atoms with Crippen LogP contribution in [0, 0.1) is 0 Å². The third-order valence-electron chi connectivity index (χ3n) is 2.16. The number of aromatic nitrogens is 4. The van der Waals surface area contributed by atoms with Crippen LogP contribution in [0.2, 0.25) is 0 Å². The van der Waals surface area contributed by atoms with E-state index in [9.17, 15) is 9.36 Å². The molecule has 2 aromatic rings. The monoisotopic (exact) mass is 274 g/mol. The lowest BCUT2D eigenvalue weighted by Crippen LogP contribution is -2.09. The van der Waals surface area contributed by atoms with Gasteiger partial charge in [0.1, 0.15) is 6.73 Å². The lowest BCUT2D eigenvalue weighted by atomic mass is 10.5. The first kappa shape index (κ1) is 12.9. The maximum absolute atomic E-state index is 11.3. The molecule has 0 atom stereocenters. The van der Waals surface area contributed by atoms with Gasteiger partial charge in [-0.05, 0) is 0 Å². The molecule has 0 aliphatic heterocycles. The summed E-state index contributed by atoms with van der Waals surface area (Å²) in [6, 6.07) is 0. The minimum absolute atomic E-state index is 0.0208. The highest BCUT2D eigenvalue weighted by Crippen LogP contribution is 2.33. The van der Waals surface area contributed by atoms with E-state index in [1.54, 1.807) is 0 Å². The highest BCUT2D eigenvalue weighted by Gasteiger charge is 2.12. The van der Waals surface area contributed by atoms with Crippen LogP contribution in [0.15, 0.2) is 17.4 Å². The van der Waals surface area contributed by atoms with Gasteiger partial charge in [0, 0.05) is 0 Å². The second kappa shape index (κ2) is 4.99. The van der Waals surface area contributed by atoms with Crippen molar-refractivity contribution in [2.24, 2.45) is 0 Å².